The quantitative estimate of drug-likeness (QED) is 0.391. The van der Waals surface area contributed by atoms with Crippen LogP contribution in [0.25, 0.3) is 0 Å². The highest BCUT2D eigenvalue weighted by molar-refractivity contribution is 6.85. The minimum atomic E-state index is 0.289. The van der Waals surface area contributed by atoms with Crippen LogP contribution in [0.2, 0.25) is 11.1 Å². The monoisotopic (exact) mass is 93.0 g/mol. The minimum absolute atomic E-state index is 0.289. The predicted octanol–water partition coefficient (Wildman–Crippen LogP) is 0.974. The van der Waals surface area contributed by atoms with Crippen LogP contribution in [-0.2, 0) is 0 Å². The Morgan fingerprint density at radius 2 is 2.17 bits per heavy atom. The van der Waals surface area contributed by atoms with Crippen LogP contribution in [0, 0.1) is 5.92 Å². The van der Waals surface area contributed by atoms with Crippen molar-refractivity contribution in [2.24, 2.45) is 5.92 Å². The molecular formula is C5H5Si. The molecule has 0 amide bonds. The van der Waals surface area contributed by atoms with Gasteiger partial charge in [-0.05, 0) is 17.0 Å². The highest BCUT2D eigenvalue weighted by Gasteiger charge is 2.75. The van der Waals surface area contributed by atoms with E-state index >= 15 is 0 Å². The Bertz CT molecular complexity index is 115. The molecule has 1 aliphatic carbocycles. The average Bonchev–Trinajstić information content (AvgIpc) is 2.30. The standard InChI is InChI=1S/C5H5Si/c1-2-6-4-3(1)5(4)6/h1-5H. The van der Waals surface area contributed by atoms with E-state index in [9.17, 15) is 0 Å². The minimum Gasteiger partial charge on any atom is -0.0992 e. The summed E-state index contributed by atoms with van der Waals surface area (Å²) in [7, 11) is 0.289. The fraction of sp³-hybridized carbons (Fsp3) is 0.600. The molecule has 2 fully saturated rings. The van der Waals surface area contributed by atoms with Gasteiger partial charge in [-0.3, -0.25) is 0 Å². The fourth-order valence-corrected chi connectivity index (χ4v) is 4.91. The second-order valence-electron chi connectivity index (χ2n) is 2.49. The van der Waals surface area contributed by atoms with E-state index in [0.717, 1.165) is 5.92 Å². The highest BCUT2D eigenvalue weighted by atomic mass is 28.3. The van der Waals surface area contributed by atoms with Gasteiger partial charge >= 0.3 is 0 Å². The van der Waals surface area contributed by atoms with Gasteiger partial charge in [0.15, 0.2) is 0 Å². The topological polar surface area (TPSA) is 0 Å². The summed E-state index contributed by atoms with van der Waals surface area (Å²) in [6, 6.07) is 0. The lowest BCUT2D eigenvalue weighted by Crippen LogP contribution is -1.88. The molecule has 0 aromatic rings. The molecule has 4 rings (SSSR count). The zero-order valence-electron chi connectivity index (χ0n) is 3.39. The summed E-state index contributed by atoms with van der Waals surface area (Å²) < 4.78 is 0. The molecule has 0 N–H and O–H groups in total. The van der Waals surface area contributed by atoms with E-state index in [1.165, 1.54) is 11.1 Å². The molecule has 1 radical (unpaired) electrons. The van der Waals surface area contributed by atoms with Gasteiger partial charge in [0.25, 0.3) is 0 Å². The lowest BCUT2D eigenvalue weighted by molar-refractivity contribution is 1.09. The Balaban J connectivity index is 2.35. The van der Waals surface area contributed by atoms with Crippen LogP contribution in [0.1, 0.15) is 0 Å². The van der Waals surface area contributed by atoms with Crippen molar-refractivity contribution in [2.45, 2.75) is 11.1 Å². The normalized spacial score (nSPS) is 68.3. The Labute approximate surface area is 38.5 Å². The smallest absolute Gasteiger partial charge is 0.0831 e. The van der Waals surface area contributed by atoms with Gasteiger partial charge in [0.05, 0.1) is 8.80 Å². The molecule has 2 unspecified atom stereocenters. The second kappa shape index (κ2) is 0.398. The number of hydrogen-bond acceptors (Lipinski definition) is 0. The van der Waals surface area contributed by atoms with Crippen molar-refractivity contribution in [1.82, 2.24) is 0 Å². The molecule has 1 heteroatoms. The Kier molecular flexibility index (Phi) is 0.154. The van der Waals surface area contributed by atoms with Crippen LogP contribution in [0.3, 0.4) is 0 Å². The van der Waals surface area contributed by atoms with Crippen molar-refractivity contribution >= 4 is 8.80 Å². The zero-order valence-corrected chi connectivity index (χ0v) is 4.39. The van der Waals surface area contributed by atoms with E-state index < -0.39 is 0 Å². The number of hydrogen-bond donors (Lipinski definition) is 0. The van der Waals surface area contributed by atoms with Crippen molar-refractivity contribution in [1.29, 1.82) is 0 Å². The van der Waals surface area contributed by atoms with Gasteiger partial charge in [-0.1, -0.05) is 11.8 Å². The van der Waals surface area contributed by atoms with E-state index in [1.54, 1.807) is 0 Å². The third-order valence-corrected chi connectivity index (χ3v) is 5.47. The van der Waals surface area contributed by atoms with E-state index in [-0.39, 0.29) is 8.80 Å². The summed E-state index contributed by atoms with van der Waals surface area (Å²) in [6.07, 6.45) is 2.43. The summed E-state index contributed by atoms with van der Waals surface area (Å²) >= 11 is 0. The molecule has 3 aliphatic heterocycles. The predicted molar refractivity (Wildman–Crippen MR) is 25.9 cm³/mol. The molecule has 4 aliphatic rings. The molecule has 2 bridgehead atoms. The molecule has 0 spiro atoms. The van der Waals surface area contributed by atoms with Crippen LogP contribution < -0.4 is 0 Å². The molecular weight excluding hydrogens is 88.1 g/mol. The van der Waals surface area contributed by atoms with Crippen LogP contribution >= 0.6 is 0 Å². The van der Waals surface area contributed by atoms with Gasteiger partial charge in [-0.15, -0.1) is 0 Å². The Morgan fingerprint density at radius 1 is 1.33 bits per heavy atom. The van der Waals surface area contributed by atoms with Gasteiger partial charge in [-0.25, -0.2) is 0 Å². The van der Waals surface area contributed by atoms with Crippen LogP contribution in [0.15, 0.2) is 11.8 Å². The molecule has 2 atom stereocenters. The molecule has 3 heterocycles. The van der Waals surface area contributed by atoms with Gasteiger partial charge < -0.3 is 0 Å². The van der Waals surface area contributed by atoms with Crippen molar-refractivity contribution in [3.8, 4) is 0 Å². The SMILES string of the molecule is C1=C[Si]2C3C1C32. The Morgan fingerprint density at radius 3 is 2.33 bits per heavy atom. The average molecular weight is 93.2 g/mol. The third-order valence-electron chi connectivity index (χ3n) is 2.25. The lowest BCUT2D eigenvalue weighted by Gasteiger charge is -1.82. The third kappa shape index (κ3) is 0.0788. The zero-order chi connectivity index (χ0) is 3.72. The van der Waals surface area contributed by atoms with E-state index in [2.05, 4.69) is 11.8 Å². The summed E-state index contributed by atoms with van der Waals surface area (Å²) in [6.45, 7) is 0. The van der Waals surface area contributed by atoms with Gasteiger partial charge in [0.2, 0.25) is 0 Å². The first-order valence-corrected chi connectivity index (χ1v) is 4.26. The maximum atomic E-state index is 2.49. The maximum Gasteiger partial charge on any atom is 0.0831 e. The molecule has 6 heavy (non-hydrogen) atoms. The number of rotatable bonds is 0. The second-order valence-corrected chi connectivity index (χ2v) is 5.15. The van der Waals surface area contributed by atoms with E-state index in [1.807, 2.05) is 0 Å². The van der Waals surface area contributed by atoms with E-state index in [4.69, 9.17) is 0 Å². The first kappa shape index (κ1) is 2.31. The summed E-state index contributed by atoms with van der Waals surface area (Å²) in [5.41, 5.74) is 5.06. The highest BCUT2D eigenvalue weighted by Crippen LogP contribution is 2.82. The first-order chi connectivity index (χ1) is 2.98. The van der Waals surface area contributed by atoms with E-state index in [0.29, 0.717) is 0 Å². The summed E-state index contributed by atoms with van der Waals surface area (Å²) in [5, 5.41) is 0. The van der Waals surface area contributed by atoms with Gasteiger partial charge in [0.1, 0.15) is 0 Å². The summed E-state index contributed by atoms with van der Waals surface area (Å²) in [4.78, 5) is 0. The van der Waals surface area contributed by atoms with Gasteiger partial charge in [-0.2, -0.15) is 0 Å². The molecule has 1 saturated carbocycles. The summed E-state index contributed by atoms with van der Waals surface area (Å²) in [5.74, 6) is 1.14. The molecule has 0 aromatic heterocycles. The van der Waals surface area contributed by atoms with Crippen molar-refractivity contribution in [3.63, 3.8) is 0 Å². The number of allylic oxidation sites excluding steroid dienone is 1. The first-order valence-electron chi connectivity index (χ1n) is 2.53. The van der Waals surface area contributed by atoms with Crippen molar-refractivity contribution in [3.05, 3.63) is 11.8 Å². The maximum absolute atomic E-state index is 2.49. The van der Waals surface area contributed by atoms with Crippen LogP contribution in [0.4, 0.5) is 0 Å². The molecule has 0 nitrogen and oxygen atoms in total. The molecule has 0 aromatic carbocycles. The van der Waals surface area contributed by atoms with Crippen molar-refractivity contribution in [2.75, 3.05) is 0 Å². The Hall–Kier alpha value is -0.0431. The molecule has 1 saturated heterocycles. The van der Waals surface area contributed by atoms with Crippen LogP contribution in [0.5, 0.6) is 0 Å². The van der Waals surface area contributed by atoms with Crippen LogP contribution in [-0.4, -0.2) is 8.80 Å². The fourth-order valence-electron chi connectivity index (χ4n) is 1.67. The van der Waals surface area contributed by atoms with Gasteiger partial charge in [0, 0.05) is 0 Å². The largest absolute Gasteiger partial charge is 0.0992 e. The molecule has 29 valence electrons. The lowest BCUT2D eigenvalue weighted by atomic mass is 10.4. The van der Waals surface area contributed by atoms with Crippen molar-refractivity contribution < 1.29 is 0 Å².